The maximum atomic E-state index is 12.3. The minimum absolute atomic E-state index is 0.0116. The first-order valence-electron chi connectivity index (χ1n) is 7.27. The average Bonchev–Trinajstić information content (AvgIpc) is 2.53. The highest BCUT2D eigenvalue weighted by atomic mass is 35.5. The van der Waals surface area contributed by atoms with Crippen molar-refractivity contribution >= 4 is 38.9 Å². The van der Waals surface area contributed by atoms with Crippen LogP contribution < -0.4 is 14.4 Å². The molecule has 1 N–H and O–H groups in total. The SMILES string of the molecule is CN(c1ccc(C(=O)Nc2ccc(OC(F)(F)F)cc2)c(Cl)c1)S(C)(=O)=O. The number of halogens is 4. The summed E-state index contributed by atoms with van der Waals surface area (Å²) in [6.07, 6.45) is -3.78. The van der Waals surface area contributed by atoms with E-state index in [-0.39, 0.29) is 22.0 Å². The lowest BCUT2D eigenvalue weighted by atomic mass is 10.2. The number of alkyl halides is 3. The molecule has 0 aliphatic heterocycles. The van der Waals surface area contributed by atoms with Crippen LogP contribution in [0.1, 0.15) is 10.4 Å². The monoisotopic (exact) mass is 422 g/mol. The van der Waals surface area contributed by atoms with Crippen LogP contribution in [-0.4, -0.2) is 34.0 Å². The Balaban J connectivity index is 2.14. The Bertz CT molecular complexity index is 947. The van der Waals surface area contributed by atoms with E-state index in [9.17, 15) is 26.4 Å². The first-order valence-corrected chi connectivity index (χ1v) is 9.50. The number of hydrogen-bond donors (Lipinski definition) is 1. The average molecular weight is 423 g/mol. The number of carbonyl (C=O) groups is 1. The second kappa shape index (κ2) is 7.65. The topological polar surface area (TPSA) is 75.7 Å². The Morgan fingerprint density at radius 1 is 1.15 bits per heavy atom. The van der Waals surface area contributed by atoms with Gasteiger partial charge in [0.25, 0.3) is 5.91 Å². The standard InChI is InChI=1S/C16H14ClF3N2O4S/c1-22(27(2,24)25)11-5-8-13(14(17)9-11)15(23)21-10-3-6-12(7-4-10)26-16(18,19)20/h3-9H,1-2H3,(H,21,23). The number of benzene rings is 2. The molecule has 2 rings (SSSR count). The minimum Gasteiger partial charge on any atom is -0.406 e. The fourth-order valence-electron chi connectivity index (χ4n) is 2.01. The van der Waals surface area contributed by atoms with E-state index >= 15 is 0 Å². The van der Waals surface area contributed by atoms with Gasteiger partial charge >= 0.3 is 6.36 Å². The van der Waals surface area contributed by atoms with E-state index < -0.39 is 28.0 Å². The van der Waals surface area contributed by atoms with Gasteiger partial charge in [-0.1, -0.05) is 11.6 Å². The first kappa shape index (κ1) is 20.8. The molecule has 0 aliphatic rings. The number of carbonyl (C=O) groups excluding carboxylic acids is 1. The largest absolute Gasteiger partial charge is 0.573 e. The lowest BCUT2D eigenvalue weighted by Gasteiger charge is -2.17. The Hall–Kier alpha value is -2.46. The lowest BCUT2D eigenvalue weighted by Crippen LogP contribution is -2.25. The molecule has 0 aliphatic carbocycles. The van der Waals surface area contributed by atoms with Gasteiger partial charge in [-0.25, -0.2) is 8.42 Å². The van der Waals surface area contributed by atoms with E-state index in [1.807, 2.05) is 0 Å². The van der Waals surface area contributed by atoms with Crippen LogP contribution in [0.2, 0.25) is 5.02 Å². The normalized spacial score (nSPS) is 11.8. The molecule has 2 aromatic rings. The van der Waals surface area contributed by atoms with Crippen molar-refractivity contribution in [2.24, 2.45) is 0 Å². The highest BCUT2D eigenvalue weighted by molar-refractivity contribution is 7.92. The zero-order chi connectivity index (χ0) is 20.4. The van der Waals surface area contributed by atoms with E-state index in [2.05, 4.69) is 10.1 Å². The summed E-state index contributed by atoms with van der Waals surface area (Å²) in [5.41, 5.74) is 0.563. The molecule has 11 heteroatoms. The summed E-state index contributed by atoms with van der Waals surface area (Å²) < 4.78 is 64.2. The van der Waals surface area contributed by atoms with E-state index in [0.717, 1.165) is 22.7 Å². The van der Waals surface area contributed by atoms with Gasteiger partial charge in [-0.05, 0) is 42.5 Å². The summed E-state index contributed by atoms with van der Waals surface area (Å²) in [5.74, 6) is -1.04. The third-order valence-corrected chi connectivity index (χ3v) is 4.92. The van der Waals surface area contributed by atoms with Crippen molar-refractivity contribution in [1.29, 1.82) is 0 Å². The van der Waals surface area contributed by atoms with Crippen molar-refractivity contribution in [1.82, 2.24) is 0 Å². The number of sulfonamides is 1. The molecule has 27 heavy (non-hydrogen) atoms. The van der Waals surface area contributed by atoms with E-state index in [1.54, 1.807) is 0 Å². The highest BCUT2D eigenvalue weighted by Gasteiger charge is 2.31. The van der Waals surface area contributed by atoms with Gasteiger partial charge in [0, 0.05) is 12.7 Å². The van der Waals surface area contributed by atoms with Crippen LogP contribution in [0.15, 0.2) is 42.5 Å². The number of nitrogens with zero attached hydrogens (tertiary/aromatic N) is 1. The molecule has 2 aromatic carbocycles. The van der Waals surface area contributed by atoms with Gasteiger partial charge in [-0.15, -0.1) is 13.2 Å². The van der Waals surface area contributed by atoms with E-state index in [1.165, 1.54) is 37.4 Å². The Morgan fingerprint density at radius 3 is 2.22 bits per heavy atom. The van der Waals surface area contributed by atoms with Gasteiger partial charge in [-0.3, -0.25) is 9.10 Å². The molecule has 0 aromatic heterocycles. The maximum Gasteiger partial charge on any atom is 0.573 e. The summed E-state index contributed by atoms with van der Waals surface area (Å²) in [6.45, 7) is 0. The second-order valence-corrected chi connectivity index (χ2v) is 7.84. The maximum absolute atomic E-state index is 12.3. The number of anilines is 2. The van der Waals surface area contributed by atoms with Crippen LogP contribution in [0.25, 0.3) is 0 Å². The predicted molar refractivity (Wildman–Crippen MR) is 95.8 cm³/mol. The van der Waals surface area contributed by atoms with Gasteiger partial charge in [0.2, 0.25) is 10.0 Å². The van der Waals surface area contributed by atoms with Crippen molar-refractivity contribution in [3.8, 4) is 5.75 Å². The smallest absolute Gasteiger partial charge is 0.406 e. The summed E-state index contributed by atoms with van der Waals surface area (Å²) in [6, 6.07) is 8.64. The zero-order valence-corrected chi connectivity index (χ0v) is 15.6. The molecule has 146 valence electrons. The lowest BCUT2D eigenvalue weighted by molar-refractivity contribution is -0.274. The molecule has 6 nitrogen and oxygen atoms in total. The van der Waals surface area contributed by atoms with E-state index in [4.69, 9.17) is 11.6 Å². The third kappa shape index (κ3) is 5.76. The number of ether oxygens (including phenoxy) is 1. The number of hydrogen-bond acceptors (Lipinski definition) is 4. The van der Waals surface area contributed by atoms with Crippen LogP contribution in [-0.2, 0) is 10.0 Å². The van der Waals surface area contributed by atoms with Crippen molar-refractivity contribution in [3.05, 3.63) is 53.1 Å². The fraction of sp³-hybridized carbons (Fsp3) is 0.188. The highest BCUT2D eigenvalue weighted by Crippen LogP contribution is 2.27. The number of amides is 1. The Kier molecular flexibility index (Phi) is 5.91. The van der Waals surface area contributed by atoms with Gasteiger partial charge < -0.3 is 10.1 Å². The number of nitrogens with one attached hydrogen (secondary N) is 1. The van der Waals surface area contributed by atoms with Gasteiger partial charge in [0.05, 0.1) is 22.5 Å². The Labute approximate surface area is 158 Å². The molecular formula is C16H14ClF3N2O4S. The molecule has 0 fully saturated rings. The molecular weight excluding hydrogens is 409 g/mol. The van der Waals surface area contributed by atoms with E-state index in [0.29, 0.717) is 0 Å². The van der Waals surface area contributed by atoms with Crippen molar-refractivity contribution in [2.75, 3.05) is 22.9 Å². The Morgan fingerprint density at radius 2 is 1.74 bits per heavy atom. The minimum atomic E-state index is -4.81. The first-order chi connectivity index (χ1) is 12.4. The predicted octanol–water partition coefficient (Wildman–Crippen LogP) is 3.89. The molecule has 1 amide bonds. The van der Waals surface area contributed by atoms with Crippen LogP contribution in [0, 0.1) is 0 Å². The van der Waals surface area contributed by atoms with Gasteiger partial charge in [0.1, 0.15) is 5.75 Å². The van der Waals surface area contributed by atoms with Gasteiger partial charge in [-0.2, -0.15) is 0 Å². The summed E-state index contributed by atoms with van der Waals surface area (Å²) >= 11 is 6.06. The molecule has 0 bridgehead atoms. The molecule has 0 saturated carbocycles. The fourth-order valence-corrected chi connectivity index (χ4v) is 2.77. The molecule has 0 saturated heterocycles. The summed E-state index contributed by atoms with van der Waals surface area (Å²) in [7, 11) is -2.15. The van der Waals surface area contributed by atoms with Gasteiger partial charge in [0.15, 0.2) is 0 Å². The van der Waals surface area contributed by atoms with Crippen molar-refractivity contribution in [2.45, 2.75) is 6.36 Å². The van der Waals surface area contributed by atoms with Crippen LogP contribution in [0.3, 0.4) is 0 Å². The van der Waals surface area contributed by atoms with Crippen molar-refractivity contribution in [3.63, 3.8) is 0 Å². The van der Waals surface area contributed by atoms with Crippen LogP contribution >= 0.6 is 11.6 Å². The van der Waals surface area contributed by atoms with Crippen molar-refractivity contribution < 1.29 is 31.1 Å². The molecule has 0 radical (unpaired) electrons. The van der Waals surface area contributed by atoms with Crippen LogP contribution in [0.5, 0.6) is 5.75 Å². The number of rotatable bonds is 5. The molecule has 0 unspecified atom stereocenters. The molecule has 0 spiro atoms. The third-order valence-electron chi connectivity index (χ3n) is 3.40. The summed E-state index contributed by atoms with van der Waals surface area (Å²) in [5, 5.41) is 2.49. The summed E-state index contributed by atoms with van der Waals surface area (Å²) in [4.78, 5) is 12.3. The zero-order valence-electron chi connectivity index (χ0n) is 14.0. The second-order valence-electron chi connectivity index (χ2n) is 5.42. The van der Waals surface area contributed by atoms with Crippen LogP contribution in [0.4, 0.5) is 24.5 Å². The quantitative estimate of drug-likeness (QED) is 0.793. The molecule has 0 atom stereocenters. The molecule has 0 heterocycles.